The molecular formula is C14H14Br2F2. The van der Waals surface area contributed by atoms with Crippen molar-refractivity contribution in [1.82, 2.24) is 0 Å². The molecule has 2 aliphatic rings. The van der Waals surface area contributed by atoms with Gasteiger partial charge in [0.15, 0.2) is 0 Å². The van der Waals surface area contributed by atoms with Crippen molar-refractivity contribution in [3.63, 3.8) is 0 Å². The third-order valence-corrected chi connectivity index (χ3v) is 6.24. The van der Waals surface area contributed by atoms with E-state index >= 15 is 0 Å². The highest BCUT2D eigenvalue weighted by Crippen LogP contribution is 2.61. The molecule has 0 nitrogen and oxygen atoms in total. The van der Waals surface area contributed by atoms with Crippen LogP contribution in [-0.2, 0) is 6.42 Å². The molecule has 0 amide bonds. The molecule has 1 aromatic rings. The van der Waals surface area contributed by atoms with E-state index in [9.17, 15) is 8.78 Å². The van der Waals surface area contributed by atoms with Crippen LogP contribution in [0.5, 0.6) is 0 Å². The number of halogens is 4. The van der Waals surface area contributed by atoms with Crippen LogP contribution in [0.15, 0.2) is 16.6 Å². The van der Waals surface area contributed by atoms with Gasteiger partial charge >= 0.3 is 0 Å². The predicted octanol–water partition coefficient (Wildman–Crippen LogP) is 5.08. The van der Waals surface area contributed by atoms with Crippen molar-refractivity contribution < 1.29 is 8.78 Å². The monoisotopic (exact) mass is 378 g/mol. The van der Waals surface area contributed by atoms with Crippen molar-refractivity contribution in [3.05, 3.63) is 33.8 Å². The van der Waals surface area contributed by atoms with Gasteiger partial charge in [-0.3, -0.25) is 0 Å². The Balaban J connectivity index is 1.89. The highest BCUT2D eigenvalue weighted by molar-refractivity contribution is 9.10. The highest BCUT2D eigenvalue weighted by Gasteiger charge is 2.53. The molecule has 0 heterocycles. The fourth-order valence-electron chi connectivity index (χ4n) is 3.41. The van der Waals surface area contributed by atoms with Crippen LogP contribution < -0.4 is 0 Å². The van der Waals surface area contributed by atoms with Crippen LogP contribution in [0.1, 0.15) is 24.8 Å². The summed E-state index contributed by atoms with van der Waals surface area (Å²) >= 11 is 6.69. The summed E-state index contributed by atoms with van der Waals surface area (Å²) in [7, 11) is 0. The van der Waals surface area contributed by atoms with Gasteiger partial charge < -0.3 is 0 Å². The smallest absolute Gasteiger partial charge is 0.143 e. The molecule has 0 aromatic heterocycles. The molecule has 0 spiro atoms. The Labute approximate surface area is 122 Å². The summed E-state index contributed by atoms with van der Waals surface area (Å²) in [5, 5.41) is 0.832. The number of hydrogen-bond acceptors (Lipinski definition) is 0. The maximum absolute atomic E-state index is 14.0. The molecule has 0 saturated heterocycles. The molecule has 2 saturated carbocycles. The van der Waals surface area contributed by atoms with Crippen molar-refractivity contribution in [1.29, 1.82) is 0 Å². The zero-order valence-corrected chi connectivity index (χ0v) is 13.0. The largest absolute Gasteiger partial charge is 0.207 e. The Kier molecular flexibility index (Phi) is 3.30. The van der Waals surface area contributed by atoms with Crippen molar-refractivity contribution in [2.45, 2.75) is 25.7 Å². The molecule has 18 heavy (non-hydrogen) atoms. The topological polar surface area (TPSA) is 0 Å². The van der Waals surface area contributed by atoms with Crippen LogP contribution >= 0.6 is 31.9 Å². The Morgan fingerprint density at radius 2 is 1.89 bits per heavy atom. The minimum absolute atomic E-state index is 0.0516. The van der Waals surface area contributed by atoms with Gasteiger partial charge in [0.1, 0.15) is 11.6 Å². The molecule has 2 fully saturated rings. The summed E-state index contributed by atoms with van der Waals surface area (Å²) in [4.78, 5) is 0. The fourth-order valence-corrected chi connectivity index (χ4v) is 4.44. The second kappa shape index (κ2) is 4.55. The standard InChI is InChI=1S/C14H14Br2F2/c15-7-14(4-8-3-9(8)5-14)6-10-12(17)2-1-11(16)13(10)18/h1-2,8-9H,3-7H2. The molecule has 4 heteroatoms. The molecule has 2 atom stereocenters. The van der Waals surface area contributed by atoms with Crippen molar-refractivity contribution in [2.75, 3.05) is 5.33 Å². The van der Waals surface area contributed by atoms with Crippen LogP contribution in [0.25, 0.3) is 0 Å². The van der Waals surface area contributed by atoms with Gasteiger partial charge in [0.25, 0.3) is 0 Å². The Morgan fingerprint density at radius 3 is 2.50 bits per heavy atom. The molecule has 2 aliphatic carbocycles. The Bertz CT molecular complexity index is 477. The van der Waals surface area contributed by atoms with Gasteiger partial charge in [-0.25, -0.2) is 8.78 Å². The summed E-state index contributed by atoms with van der Waals surface area (Å²) in [5.74, 6) is 0.758. The quantitative estimate of drug-likeness (QED) is 0.507. The number of fused-ring (bicyclic) bond motifs is 1. The van der Waals surface area contributed by atoms with Crippen molar-refractivity contribution in [2.24, 2.45) is 17.3 Å². The first-order chi connectivity index (χ1) is 8.54. The van der Waals surface area contributed by atoms with E-state index in [-0.39, 0.29) is 11.0 Å². The summed E-state index contributed by atoms with van der Waals surface area (Å²) < 4.78 is 28.2. The molecule has 0 radical (unpaired) electrons. The minimum Gasteiger partial charge on any atom is -0.207 e. The third kappa shape index (κ3) is 2.15. The summed E-state index contributed by atoms with van der Waals surface area (Å²) in [6.07, 6.45) is 4.03. The van der Waals surface area contributed by atoms with E-state index in [0.717, 1.165) is 30.0 Å². The molecule has 98 valence electrons. The molecule has 0 N–H and O–H groups in total. The van der Waals surface area contributed by atoms with Gasteiger partial charge in [0.05, 0.1) is 4.47 Å². The van der Waals surface area contributed by atoms with Crippen molar-refractivity contribution >= 4 is 31.9 Å². The first kappa shape index (κ1) is 13.0. The van der Waals surface area contributed by atoms with E-state index in [2.05, 4.69) is 31.9 Å². The van der Waals surface area contributed by atoms with E-state index in [0.29, 0.717) is 10.9 Å². The van der Waals surface area contributed by atoms with Crippen LogP contribution in [0.2, 0.25) is 0 Å². The maximum atomic E-state index is 14.0. The van der Waals surface area contributed by atoms with Crippen LogP contribution in [0, 0.1) is 28.9 Å². The van der Waals surface area contributed by atoms with E-state index in [1.165, 1.54) is 18.6 Å². The van der Waals surface area contributed by atoms with Crippen LogP contribution in [0.4, 0.5) is 8.78 Å². The summed E-state index contributed by atoms with van der Waals surface area (Å²) in [6, 6.07) is 2.78. The lowest BCUT2D eigenvalue weighted by atomic mass is 9.79. The van der Waals surface area contributed by atoms with Gasteiger partial charge in [-0.1, -0.05) is 15.9 Å². The normalized spacial score (nSPS) is 33.6. The third-order valence-electron chi connectivity index (χ3n) is 4.43. The van der Waals surface area contributed by atoms with Crippen molar-refractivity contribution in [3.8, 4) is 0 Å². The SMILES string of the molecule is Fc1ccc(Br)c(F)c1CC1(CBr)CC2CC2C1. The summed E-state index contributed by atoms with van der Waals surface area (Å²) in [6.45, 7) is 0. The second-order valence-electron chi connectivity index (χ2n) is 5.80. The lowest BCUT2D eigenvalue weighted by molar-refractivity contribution is 0.299. The van der Waals surface area contributed by atoms with Crippen LogP contribution in [-0.4, -0.2) is 5.33 Å². The average Bonchev–Trinajstić information content (AvgIpc) is 2.98. The molecule has 3 rings (SSSR count). The molecule has 1 aromatic carbocycles. The maximum Gasteiger partial charge on any atom is 0.143 e. The second-order valence-corrected chi connectivity index (χ2v) is 7.21. The Morgan fingerprint density at radius 1 is 1.22 bits per heavy atom. The molecule has 0 aliphatic heterocycles. The zero-order chi connectivity index (χ0) is 12.9. The first-order valence-electron chi connectivity index (χ1n) is 6.23. The summed E-state index contributed by atoms with van der Waals surface area (Å²) in [5.41, 5.74) is 0.293. The van der Waals surface area contributed by atoms with Gasteiger partial charge in [0, 0.05) is 10.9 Å². The molecular weight excluding hydrogens is 366 g/mol. The van der Waals surface area contributed by atoms with Gasteiger partial charge in [0.2, 0.25) is 0 Å². The van der Waals surface area contributed by atoms with E-state index in [1.807, 2.05) is 0 Å². The lowest BCUT2D eigenvalue weighted by Crippen LogP contribution is -2.25. The van der Waals surface area contributed by atoms with Crippen LogP contribution in [0.3, 0.4) is 0 Å². The number of alkyl halides is 1. The van der Waals surface area contributed by atoms with E-state index in [4.69, 9.17) is 0 Å². The molecule has 0 bridgehead atoms. The lowest BCUT2D eigenvalue weighted by Gasteiger charge is -2.29. The fraction of sp³-hybridized carbons (Fsp3) is 0.571. The predicted molar refractivity (Wildman–Crippen MR) is 74.8 cm³/mol. The average molecular weight is 380 g/mol. The van der Waals surface area contributed by atoms with E-state index in [1.54, 1.807) is 0 Å². The zero-order valence-electron chi connectivity index (χ0n) is 9.86. The van der Waals surface area contributed by atoms with Gasteiger partial charge in [-0.15, -0.1) is 0 Å². The first-order valence-corrected chi connectivity index (χ1v) is 8.14. The molecule has 2 unspecified atom stereocenters. The Hall–Kier alpha value is 0.0400. The van der Waals surface area contributed by atoms with Gasteiger partial charge in [-0.05, 0) is 71.0 Å². The van der Waals surface area contributed by atoms with E-state index < -0.39 is 11.6 Å². The van der Waals surface area contributed by atoms with Gasteiger partial charge in [-0.2, -0.15) is 0 Å². The number of benzene rings is 1. The minimum atomic E-state index is -0.434. The number of hydrogen-bond donors (Lipinski definition) is 0. The highest BCUT2D eigenvalue weighted by atomic mass is 79.9. The number of rotatable bonds is 3.